The van der Waals surface area contributed by atoms with E-state index in [1.165, 1.54) is 0 Å². The summed E-state index contributed by atoms with van der Waals surface area (Å²) in [6.45, 7) is 0. The average molecular weight is 372 g/mol. The first-order valence-corrected chi connectivity index (χ1v) is 7.95. The van der Waals surface area contributed by atoms with Gasteiger partial charge in [-0.25, -0.2) is 10.9 Å². The summed E-state index contributed by atoms with van der Waals surface area (Å²) >= 11 is 17.8. The number of hydrogen-bond acceptors (Lipinski definition) is 4. The summed E-state index contributed by atoms with van der Waals surface area (Å²) in [6, 6.07) is 11.5. The van der Waals surface area contributed by atoms with Crippen LogP contribution in [0.2, 0.25) is 15.1 Å². The minimum Gasteiger partial charge on any atom is -0.325 e. The van der Waals surface area contributed by atoms with E-state index < -0.39 is 6.04 Å². The predicted molar refractivity (Wildman–Crippen MR) is 92.5 cm³/mol. The van der Waals surface area contributed by atoms with Gasteiger partial charge >= 0.3 is 0 Å². The van der Waals surface area contributed by atoms with E-state index in [0.717, 1.165) is 5.56 Å². The third kappa shape index (κ3) is 3.77. The summed E-state index contributed by atoms with van der Waals surface area (Å²) < 4.78 is 0. The average Bonchev–Trinajstić information content (AvgIpc) is 3.00. The molecule has 0 spiro atoms. The predicted octanol–water partition coefficient (Wildman–Crippen LogP) is 3.31. The molecule has 1 aliphatic rings. The Bertz CT molecular complexity index is 740. The Morgan fingerprint density at radius 1 is 1.00 bits per heavy atom. The highest BCUT2D eigenvalue weighted by molar-refractivity contribution is 6.42. The van der Waals surface area contributed by atoms with Gasteiger partial charge in [0.2, 0.25) is 5.91 Å². The van der Waals surface area contributed by atoms with Crippen LogP contribution >= 0.6 is 34.8 Å². The van der Waals surface area contributed by atoms with E-state index in [1.54, 1.807) is 24.3 Å². The lowest BCUT2D eigenvalue weighted by Gasteiger charge is -2.18. The molecule has 0 aliphatic carbocycles. The van der Waals surface area contributed by atoms with E-state index in [1.807, 2.05) is 18.2 Å². The van der Waals surface area contributed by atoms with Crippen molar-refractivity contribution >= 4 is 46.4 Å². The van der Waals surface area contributed by atoms with Gasteiger partial charge in [-0.3, -0.25) is 4.79 Å². The molecule has 4 N–H and O–H groups in total. The molecule has 1 saturated heterocycles. The molecule has 5 nitrogen and oxygen atoms in total. The Morgan fingerprint density at radius 2 is 1.83 bits per heavy atom. The second-order valence-electron chi connectivity index (χ2n) is 5.04. The van der Waals surface area contributed by atoms with Crippen molar-refractivity contribution in [1.82, 2.24) is 16.4 Å². The third-order valence-corrected chi connectivity index (χ3v) is 4.44. The minimum absolute atomic E-state index is 0.217. The number of nitrogens with one attached hydrogen (secondary N) is 4. The van der Waals surface area contributed by atoms with Crippen molar-refractivity contribution < 1.29 is 4.79 Å². The van der Waals surface area contributed by atoms with Gasteiger partial charge in [-0.2, -0.15) is 5.53 Å². The van der Waals surface area contributed by atoms with Crippen molar-refractivity contribution in [3.63, 3.8) is 0 Å². The van der Waals surface area contributed by atoms with E-state index in [2.05, 4.69) is 21.7 Å². The van der Waals surface area contributed by atoms with Crippen molar-refractivity contribution in [3.8, 4) is 0 Å². The van der Waals surface area contributed by atoms with Gasteiger partial charge < -0.3 is 5.32 Å². The normalized spacial score (nSPS) is 20.5. The number of carbonyl (C=O) groups excluding carboxylic acids is 1. The molecular formula is C15H13Cl3N4O. The summed E-state index contributed by atoms with van der Waals surface area (Å²) in [7, 11) is 0. The van der Waals surface area contributed by atoms with Crippen molar-refractivity contribution in [3.05, 3.63) is 63.1 Å². The molecule has 120 valence electrons. The number of benzene rings is 2. The van der Waals surface area contributed by atoms with Crippen LogP contribution in [-0.2, 0) is 4.79 Å². The molecule has 2 unspecified atom stereocenters. The topological polar surface area (TPSA) is 65.2 Å². The Balaban J connectivity index is 1.76. The van der Waals surface area contributed by atoms with Gasteiger partial charge in [0, 0.05) is 10.7 Å². The first-order chi connectivity index (χ1) is 11.0. The van der Waals surface area contributed by atoms with Crippen LogP contribution in [0.3, 0.4) is 0 Å². The van der Waals surface area contributed by atoms with Crippen molar-refractivity contribution in [2.45, 2.75) is 12.1 Å². The van der Waals surface area contributed by atoms with Crippen LogP contribution in [0.4, 0.5) is 5.69 Å². The van der Waals surface area contributed by atoms with Gasteiger partial charge in [0.05, 0.1) is 16.1 Å². The maximum Gasteiger partial charge on any atom is 0.244 e. The number of hydrogen-bond donors (Lipinski definition) is 4. The first-order valence-electron chi connectivity index (χ1n) is 6.82. The maximum absolute atomic E-state index is 12.5. The van der Waals surface area contributed by atoms with E-state index in [4.69, 9.17) is 34.8 Å². The standard InChI is InChI=1S/C15H13Cl3N4O/c16-9-3-1-2-8(6-9)13-14(21-22-20-13)15(23)19-10-4-5-11(17)12(18)7-10/h1-7,13-14,20-22H,(H,19,23). The monoisotopic (exact) mass is 370 g/mol. The molecule has 23 heavy (non-hydrogen) atoms. The molecule has 0 bridgehead atoms. The van der Waals surface area contributed by atoms with Gasteiger partial charge in [-0.05, 0) is 35.9 Å². The smallest absolute Gasteiger partial charge is 0.244 e. The lowest BCUT2D eigenvalue weighted by molar-refractivity contribution is -0.118. The Morgan fingerprint density at radius 3 is 2.57 bits per heavy atom. The second-order valence-corrected chi connectivity index (χ2v) is 6.29. The molecule has 8 heteroatoms. The Labute approximate surface area is 148 Å². The Hall–Kier alpha value is -1.34. The second kappa shape index (κ2) is 7.05. The lowest BCUT2D eigenvalue weighted by Crippen LogP contribution is -2.41. The van der Waals surface area contributed by atoms with E-state index in [9.17, 15) is 4.79 Å². The molecule has 1 amide bonds. The van der Waals surface area contributed by atoms with Crippen LogP contribution in [-0.4, -0.2) is 11.9 Å². The molecule has 2 aromatic rings. The molecule has 1 aliphatic heterocycles. The molecule has 3 rings (SSSR count). The van der Waals surface area contributed by atoms with Crippen LogP contribution in [0.5, 0.6) is 0 Å². The third-order valence-electron chi connectivity index (χ3n) is 3.47. The van der Waals surface area contributed by atoms with Gasteiger partial charge in [-0.1, -0.05) is 46.9 Å². The number of hydrazine groups is 2. The van der Waals surface area contributed by atoms with Crippen LogP contribution in [0.15, 0.2) is 42.5 Å². The molecule has 0 aromatic heterocycles. The molecule has 0 radical (unpaired) electrons. The van der Waals surface area contributed by atoms with Crippen molar-refractivity contribution in [1.29, 1.82) is 0 Å². The summed E-state index contributed by atoms with van der Waals surface area (Å²) in [6.07, 6.45) is 0. The summed E-state index contributed by atoms with van der Waals surface area (Å²) in [5.74, 6) is -0.217. The fourth-order valence-electron chi connectivity index (χ4n) is 2.35. The van der Waals surface area contributed by atoms with Crippen LogP contribution in [0.25, 0.3) is 0 Å². The van der Waals surface area contributed by atoms with Crippen LogP contribution in [0.1, 0.15) is 11.6 Å². The first kappa shape index (κ1) is 16.5. The highest BCUT2D eigenvalue weighted by Crippen LogP contribution is 2.26. The molecule has 1 fully saturated rings. The maximum atomic E-state index is 12.5. The van der Waals surface area contributed by atoms with Gasteiger partial charge in [0.15, 0.2) is 0 Å². The Kier molecular flexibility index (Phi) is 5.06. The van der Waals surface area contributed by atoms with Crippen molar-refractivity contribution in [2.75, 3.05) is 5.32 Å². The molecule has 0 saturated carbocycles. The summed E-state index contributed by atoms with van der Waals surface area (Å²) in [5, 5.41) is 4.23. The minimum atomic E-state index is -0.525. The number of carbonyl (C=O) groups is 1. The molecule has 2 atom stereocenters. The quantitative estimate of drug-likeness (QED) is 0.668. The highest BCUT2D eigenvalue weighted by Gasteiger charge is 2.34. The highest BCUT2D eigenvalue weighted by atomic mass is 35.5. The number of halogens is 3. The fourth-order valence-corrected chi connectivity index (χ4v) is 2.85. The zero-order chi connectivity index (χ0) is 16.4. The van der Waals surface area contributed by atoms with Crippen LogP contribution in [0, 0.1) is 0 Å². The molecule has 1 heterocycles. The molecule has 2 aromatic carbocycles. The number of anilines is 1. The lowest BCUT2D eigenvalue weighted by atomic mass is 10.0. The zero-order valence-electron chi connectivity index (χ0n) is 11.7. The van der Waals surface area contributed by atoms with Crippen LogP contribution < -0.4 is 21.7 Å². The zero-order valence-corrected chi connectivity index (χ0v) is 14.0. The van der Waals surface area contributed by atoms with Crippen molar-refractivity contribution in [2.24, 2.45) is 0 Å². The van der Waals surface area contributed by atoms with E-state index in [0.29, 0.717) is 20.8 Å². The largest absolute Gasteiger partial charge is 0.325 e. The molecular weight excluding hydrogens is 359 g/mol. The number of rotatable bonds is 3. The number of amides is 1. The van der Waals surface area contributed by atoms with Gasteiger partial charge in [-0.15, -0.1) is 0 Å². The van der Waals surface area contributed by atoms with E-state index in [-0.39, 0.29) is 11.9 Å². The summed E-state index contributed by atoms with van der Waals surface area (Å²) in [5.41, 5.74) is 10.1. The SMILES string of the molecule is O=C(Nc1ccc(Cl)c(Cl)c1)C1NNNC1c1cccc(Cl)c1. The van der Waals surface area contributed by atoms with Gasteiger partial charge in [0.25, 0.3) is 0 Å². The fraction of sp³-hybridized carbons (Fsp3) is 0.133. The van der Waals surface area contributed by atoms with Gasteiger partial charge in [0.1, 0.15) is 6.04 Å². The summed E-state index contributed by atoms with van der Waals surface area (Å²) in [4.78, 5) is 12.5. The van der Waals surface area contributed by atoms with E-state index >= 15 is 0 Å².